The maximum atomic E-state index is 11.8. The number of benzene rings is 1. The van der Waals surface area contributed by atoms with Gasteiger partial charge in [0.25, 0.3) is 5.56 Å². The molecule has 2 N–H and O–H groups in total. The Balaban J connectivity index is 2.53. The molecular weight excluding hydrogens is 277 g/mol. The van der Waals surface area contributed by atoms with Crippen LogP contribution in [0.4, 0.5) is 0 Å². The van der Waals surface area contributed by atoms with E-state index in [-0.39, 0.29) is 10.0 Å². The van der Waals surface area contributed by atoms with Crippen molar-refractivity contribution in [2.24, 2.45) is 5.73 Å². The monoisotopic (exact) mass is 283 g/mol. The SMILES string of the molecule is NC(=O)c1ccc(-n2ncc(Cl)c(Cl)c2=O)cc1. The molecule has 0 fully saturated rings. The molecule has 0 atom stereocenters. The molecule has 2 aromatic rings. The predicted molar refractivity (Wildman–Crippen MR) is 68.4 cm³/mol. The van der Waals surface area contributed by atoms with Crippen LogP contribution in [0.1, 0.15) is 10.4 Å². The zero-order chi connectivity index (χ0) is 13.3. The molecule has 0 saturated carbocycles. The number of primary amides is 1. The van der Waals surface area contributed by atoms with E-state index in [2.05, 4.69) is 5.10 Å². The molecule has 2 rings (SSSR count). The van der Waals surface area contributed by atoms with Gasteiger partial charge in [-0.25, -0.2) is 0 Å². The van der Waals surface area contributed by atoms with Crippen LogP contribution in [-0.2, 0) is 0 Å². The number of nitrogens with zero attached hydrogens (tertiary/aromatic N) is 2. The van der Waals surface area contributed by atoms with Crippen molar-refractivity contribution < 1.29 is 4.79 Å². The molecule has 0 saturated heterocycles. The number of rotatable bonds is 2. The average Bonchev–Trinajstić information content (AvgIpc) is 2.36. The van der Waals surface area contributed by atoms with Gasteiger partial charge < -0.3 is 5.73 Å². The summed E-state index contributed by atoms with van der Waals surface area (Å²) in [6, 6.07) is 6.07. The van der Waals surface area contributed by atoms with Crippen LogP contribution in [-0.4, -0.2) is 15.7 Å². The average molecular weight is 284 g/mol. The van der Waals surface area contributed by atoms with Crippen LogP contribution >= 0.6 is 23.2 Å². The Kier molecular flexibility index (Phi) is 3.36. The lowest BCUT2D eigenvalue weighted by Gasteiger charge is -2.05. The molecule has 0 bridgehead atoms. The standard InChI is InChI=1S/C11H7Cl2N3O2/c12-8-5-15-16(11(18)9(8)13)7-3-1-6(2-4-7)10(14)17/h1-5H,(H2,14,17). The second-order valence-corrected chi connectivity index (χ2v) is 4.22. The molecule has 0 aliphatic carbocycles. The number of carbonyl (C=O) groups excluding carboxylic acids is 1. The summed E-state index contributed by atoms with van der Waals surface area (Å²) >= 11 is 11.4. The van der Waals surface area contributed by atoms with Crippen molar-refractivity contribution in [2.45, 2.75) is 0 Å². The second-order valence-electron chi connectivity index (χ2n) is 3.43. The van der Waals surface area contributed by atoms with E-state index in [0.717, 1.165) is 4.68 Å². The van der Waals surface area contributed by atoms with Crippen LogP contribution in [0.3, 0.4) is 0 Å². The van der Waals surface area contributed by atoms with E-state index in [4.69, 9.17) is 28.9 Å². The van der Waals surface area contributed by atoms with Gasteiger partial charge in [0, 0.05) is 5.56 Å². The lowest BCUT2D eigenvalue weighted by Crippen LogP contribution is -2.21. The molecular formula is C11H7Cl2N3O2. The van der Waals surface area contributed by atoms with E-state index >= 15 is 0 Å². The van der Waals surface area contributed by atoms with Crippen molar-refractivity contribution in [1.82, 2.24) is 9.78 Å². The Labute approximate surface area is 112 Å². The van der Waals surface area contributed by atoms with Crippen LogP contribution in [0.5, 0.6) is 0 Å². The zero-order valence-corrected chi connectivity index (χ0v) is 10.4. The van der Waals surface area contributed by atoms with Crippen LogP contribution in [0.15, 0.2) is 35.3 Å². The van der Waals surface area contributed by atoms with Crippen LogP contribution in [0, 0.1) is 0 Å². The minimum atomic E-state index is -0.545. The molecule has 92 valence electrons. The first-order valence-corrected chi connectivity index (χ1v) is 5.60. The number of aromatic nitrogens is 2. The summed E-state index contributed by atoms with van der Waals surface area (Å²) in [7, 11) is 0. The summed E-state index contributed by atoms with van der Waals surface area (Å²) in [5.41, 5.74) is 5.38. The summed E-state index contributed by atoms with van der Waals surface area (Å²) in [6.07, 6.45) is 1.27. The molecule has 1 heterocycles. The first-order chi connectivity index (χ1) is 8.50. The van der Waals surface area contributed by atoms with E-state index in [1.165, 1.54) is 18.3 Å². The Morgan fingerprint density at radius 1 is 1.22 bits per heavy atom. The van der Waals surface area contributed by atoms with Crippen LogP contribution in [0.25, 0.3) is 5.69 Å². The minimum absolute atomic E-state index is 0.0895. The van der Waals surface area contributed by atoms with Gasteiger partial charge in [0.05, 0.1) is 16.9 Å². The highest BCUT2D eigenvalue weighted by Crippen LogP contribution is 2.16. The van der Waals surface area contributed by atoms with Gasteiger partial charge in [-0.05, 0) is 24.3 Å². The Morgan fingerprint density at radius 3 is 2.39 bits per heavy atom. The topological polar surface area (TPSA) is 78.0 Å². The molecule has 1 amide bonds. The lowest BCUT2D eigenvalue weighted by molar-refractivity contribution is 0.100. The predicted octanol–water partition coefficient (Wildman–Crippen LogP) is 1.64. The number of hydrogen-bond acceptors (Lipinski definition) is 3. The fourth-order valence-corrected chi connectivity index (χ4v) is 1.62. The largest absolute Gasteiger partial charge is 0.366 e. The van der Waals surface area contributed by atoms with Gasteiger partial charge in [0.15, 0.2) is 0 Å². The van der Waals surface area contributed by atoms with E-state index in [1.807, 2.05) is 0 Å². The normalized spacial score (nSPS) is 10.3. The summed E-state index contributed by atoms with van der Waals surface area (Å²) in [4.78, 5) is 22.7. The highest BCUT2D eigenvalue weighted by molar-refractivity contribution is 6.41. The Hall–Kier alpha value is -1.85. The van der Waals surface area contributed by atoms with E-state index in [1.54, 1.807) is 12.1 Å². The van der Waals surface area contributed by atoms with Crippen molar-refractivity contribution in [3.05, 3.63) is 56.4 Å². The number of nitrogens with two attached hydrogens (primary N) is 1. The first-order valence-electron chi connectivity index (χ1n) is 4.84. The molecule has 0 aliphatic heterocycles. The molecule has 1 aromatic heterocycles. The van der Waals surface area contributed by atoms with Gasteiger partial charge in [0.1, 0.15) is 5.02 Å². The van der Waals surface area contributed by atoms with Crippen molar-refractivity contribution >= 4 is 29.1 Å². The van der Waals surface area contributed by atoms with E-state index in [9.17, 15) is 9.59 Å². The first kappa shape index (κ1) is 12.6. The van der Waals surface area contributed by atoms with Gasteiger partial charge in [-0.15, -0.1) is 0 Å². The Bertz CT molecular complexity index is 665. The van der Waals surface area contributed by atoms with Crippen molar-refractivity contribution in [3.8, 4) is 5.69 Å². The maximum Gasteiger partial charge on any atom is 0.291 e. The summed E-state index contributed by atoms with van der Waals surface area (Å²) in [6.45, 7) is 0. The van der Waals surface area contributed by atoms with Gasteiger partial charge >= 0.3 is 0 Å². The highest BCUT2D eigenvalue weighted by Gasteiger charge is 2.09. The summed E-state index contributed by atoms with van der Waals surface area (Å²) in [5.74, 6) is -0.545. The molecule has 0 radical (unpaired) electrons. The number of hydrogen-bond donors (Lipinski definition) is 1. The fraction of sp³-hybridized carbons (Fsp3) is 0. The second kappa shape index (κ2) is 4.80. The number of amides is 1. The quantitative estimate of drug-likeness (QED) is 0.910. The maximum absolute atomic E-state index is 11.8. The molecule has 1 aromatic carbocycles. The number of carbonyl (C=O) groups is 1. The van der Waals surface area contributed by atoms with Gasteiger partial charge in [0.2, 0.25) is 5.91 Å². The molecule has 18 heavy (non-hydrogen) atoms. The molecule has 0 spiro atoms. The molecule has 5 nitrogen and oxygen atoms in total. The zero-order valence-electron chi connectivity index (χ0n) is 8.93. The van der Waals surface area contributed by atoms with Gasteiger partial charge in [-0.2, -0.15) is 9.78 Å². The number of halogens is 2. The van der Waals surface area contributed by atoms with Crippen molar-refractivity contribution in [2.75, 3.05) is 0 Å². The molecule has 7 heteroatoms. The van der Waals surface area contributed by atoms with Crippen LogP contribution < -0.4 is 11.3 Å². The van der Waals surface area contributed by atoms with Crippen molar-refractivity contribution in [1.29, 1.82) is 0 Å². The lowest BCUT2D eigenvalue weighted by atomic mass is 10.2. The van der Waals surface area contributed by atoms with E-state index in [0.29, 0.717) is 11.3 Å². The Morgan fingerprint density at radius 2 is 1.83 bits per heavy atom. The van der Waals surface area contributed by atoms with Crippen LogP contribution in [0.2, 0.25) is 10.0 Å². The summed E-state index contributed by atoms with van der Waals surface area (Å²) in [5, 5.41) is 3.84. The molecule has 0 unspecified atom stereocenters. The molecule has 0 aliphatic rings. The fourth-order valence-electron chi connectivity index (χ4n) is 1.36. The van der Waals surface area contributed by atoms with E-state index < -0.39 is 11.5 Å². The third kappa shape index (κ3) is 2.23. The third-order valence-corrected chi connectivity index (χ3v) is 3.02. The van der Waals surface area contributed by atoms with Gasteiger partial charge in [-0.3, -0.25) is 9.59 Å². The third-order valence-electron chi connectivity index (χ3n) is 2.27. The summed E-state index contributed by atoms with van der Waals surface area (Å²) < 4.78 is 1.08. The van der Waals surface area contributed by atoms with Crippen molar-refractivity contribution in [3.63, 3.8) is 0 Å². The minimum Gasteiger partial charge on any atom is -0.366 e. The highest BCUT2D eigenvalue weighted by atomic mass is 35.5. The van der Waals surface area contributed by atoms with Gasteiger partial charge in [-0.1, -0.05) is 23.2 Å². The smallest absolute Gasteiger partial charge is 0.291 e.